The average molecular weight is 407 g/mol. The van der Waals surface area contributed by atoms with Gasteiger partial charge < -0.3 is 4.90 Å². The third kappa shape index (κ3) is 2.52. The molecule has 110 valence electrons. The summed E-state index contributed by atoms with van der Waals surface area (Å²) < 4.78 is 40.0. The number of alkyl halides is 3. The maximum atomic E-state index is 12.6. The van der Waals surface area contributed by atoms with Gasteiger partial charge in [-0.1, -0.05) is 0 Å². The van der Waals surface area contributed by atoms with Crippen molar-refractivity contribution in [3.63, 3.8) is 0 Å². The molecule has 8 heteroatoms. The molecule has 3 rings (SSSR count). The van der Waals surface area contributed by atoms with Crippen LogP contribution in [0.4, 0.5) is 18.9 Å². The van der Waals surface area contributed by atoms with Crippen LogP contribution < -0.4 is 4.90 Å². The quantitative estimate of drug-likeness (QED) is 0.682. The van der Waals surface area contributed by atoms with E-state index >= 15 is 0 Å². The Bertz CT molecular complexity index is 694. The molecule has 0 saturated carbocycles. The number of benzene rings is 1. The van der Waals surface area contributed by atoms with Crippen molar-refractivity contribution in [2.75, 3.05) is 11.4 Å². The zero-order valence-electron chi connectivity index (χ0n) is 10.6. The van der Waals surface area contributed by atoms with E-state index in [1.807, 2.05) is 22.6 Å². The summed E-state index contributed by atoms with van der Waals surface area (Å²) in [5.41, 5.74) is 0.202. The van der Waals surface area contributed by atoms with E-state index < -0.39 is 11.7 Å². The molecule has 1 amide bonds. The van der Waals surface area contributed by atoms with Crippen molar-refractivity contribution in [1.82, 2.24) is 9.78 Å². The van der Waals surface area contributed by atoms with Gasteiger partial charge in [-0.2, -0.15) is 18.3 Å². The van der Waals surface area contributed by atoms with E-state index in [0.29, 0.717) is 24.5 Å². The highest BCUT2D eigenvalue weighted by atomic mass is 127. The second-order valence-electron chi connectivity index (χ2n) is 4.57. The molecule has 4 nitrogen and oxygen atoms in total. The van der Waals surface area contributed by atoms with E-state index in [0.717, 1.165) is 15.7 Å². The molecule has 0 atom stereocenters. The summed E-state index contributed by atoms with van der Waals surface area (Å²) in [6.45, 7) is 0.903. The number of anilines is 1. The lowest BCUT2D eigenvalue weighted by Gasteiger charge is -2.28. The van der Waals surface area contributed by atoms with Crippen LogP contribution >= 0.6 is 22.6 Å². The van der Waals surface area contributed by atoms with Gasteiger partial charge in [0.15, 0.2) is 0 Å². The highest BCUT2D eigenvalue weighted by Gasteiger charge is 2.32. The smallest absolute Gasteiger partial charge is 0.305 e. The number of halogens is 4. The molecule has 0 fully saturated rings. The van der Waals surface area contributed by atoms with Crippen LogP contribution in [0.3, 0.4) is 0 Å². The molecule has 0 N–H and O–H groups in total. The van der Waals surface area contributed by atoms with Gasteiger partial charge in [0.2, 0.25) is 0 Å². The Balaban J connectivity index is 1.92. The molecule has 2 aromatic rings. The van der Waals surface area contributed by atoms with Gasteiger partial charge in [0, 0.05) is 12.2 Å². The van der Waals surface area contributed by atoms with Crippen LogP contribution in [0.5, 0.6) is 0 Å². The number of carbonyl (C=O) groups is 1. The summed E-state index contributed by atoms with van der Waals surface area (Å²) in [5, 5.41) is 4.09. The lowest BCUT2D eigenvalue weighted by molar-refractivity contribution is -0.137. The molecular formula is C13H9F3IN3O. The molecule has 0 radical (unpaired) electrons. The first-order valence-electron chi connectivity index (χ1n) is 6.08. The monoisotopic (exact) mass is 407 g/mol. The average Bonchev–Trinajstić information content (AvgIpc) is 2.81. The molecule has 0 saturated heterocycles. The van der Waals surface area contributed by atoms with Crippen molar-refractivity contribution in [2.24, 2.45) is 0 Å². The summed E-state index contributed by atoms with van der Waals surface area (Å²) >= 11 is 2.02. The van der Waals surface area contributed by atoms with Crippen molar-refractivity contribution in [2.45, 2.75) is 12.7 Å². The number of nitrogens with zero attached hydrogens (tertiary/aromatic N) is 3. The van der Waals surface area contributed by atoms with Gasteiger partial charge in [-0.25, -0.2) is 0 Å². The number of hydrogen-bond acceptors (Lipinski definition) is 2. The predicted octanol–water partition coefficient (Wildman–Crippen LogP) is 3.17. The summed E-state index contributed by atoms with van der Waals surface area (Å²) in [6, 6.07) is 4.61. The highest BCUT2D eigenvalue weighted by molar-refractivity contribution is 14.1. The highest BCUT2D eigenvalue weighted by Crippen LogP contribution is 2.31. The molecule has 1 aliphatic rings. The van der Waals surface area contributed by atoms with E-state index in [9.17, 15) is 18.0 Å². The van der Waals surface area contributed by atoms with Crippen LogP contribution in [0, 0.1) is 3.57 Å². The maximum absolute atomic E-state index is 12.6. The SMILES string of the molecule is O=C1c2c(I)cnn2CCN1c1ccc(C(F)(F)F)cc1. The van der Waals surface area contributed by atoms with E-state index in [4.69, 9.17) is 0 Å². The first-order chi connectivity index (χ1) is 9.88. The topological polar surface area (TPSA) is 38.1 Å². The van der Waals surface area contributed by atoms with Gasteiger partial charge in [0.25, 0.3) is 5.91 Å². The zero-order valence-corrected chi connectivity index (χ0v) is 12.7. The van der Waals surface area contributed by atoms with Crippen molar-refractivity contribution in [3.05, 3.63) is 45.3 Å². The third-order valence-corrected chi connectivity index (χ3v) is 4.07. The largest absolute Gasteiger partial charge is 0.416 e. The van der Waals surface area contributed by atoms with Gasteiger partial charge in [0.05, 0.1) is 21.9 Å². The number of carbonyl (C=O) groups excluding carboxylic acids is 1. The Morgan fingerprint density at radius 2 is 1.81 bits per heavy atom. The van der Waals surface area contributed by atoms with Crippen LogP contribution in [-0.2, 0) is 12.7 Å². The van der Waals surface area contributed by atoms with E-state index in [1.54, 1.807) is 10.9 Å². The summed E-state index contributed by atoms with van der Waals surface area (Å²) in [4.78, 5) is 13.9. The molecule has 1 aliphatic heterocycles. The Morgan fingerprint density at radius 3 is 2.43 bits per heavy atom. The van der Waals surface area contributed by atoms with Crippen molar-refractivity contribution >= 4 is 34.2 Å². The van der Waals surface area contributed by atoms with Crippen molar-refractivity contribution in [3.8, 4) is 0 Å². The third-order valence-electron chi connectivity index (χ3n) is 3.28. The van der Waals surface area contributed by atoms with Crippen LogP contribution in [0.25, 0.3) is 0 Å². The van der Waals surface area contributed by atoms with Crippen LogP contribution in [0.15, 0.2) is 30.5 Å². The number of rotatable bonds is 1. The lowest BCUT2D eigenvalue weighted by atomic mass is 10.1. The Kier molecular flexibility index (Phi) is 3.42. The van der Waals surface area contributed by atoms with Crippen LogP contribution in [0.2, 0.25) is 0 Å². The van der Waals surface area contributed by atoms with Gasteiger partial charge in [-0.15, -0.1) is 0 Å². The summed E-state index contributed by atoms with van der Waals surface area (Å²) in [7, 11) is 0. The Morgan fingerprint density at radius 1 is 1.14 bits per heavy atom. The molecule has 0 aliphatic carbocycles. The minimum absolute atomic E-state index is 0.247. The summed E-state index contributed by atoms with van der Waals surface area (Å²) in [6.07, 6.45) is -2.78. The Labute approximate surface area is 131 Å². The normalized spacial score (nSPS) is 15.2. The van der Waals surface area contributed by atoms with E-state index in [-0.39, 0.29) is 5.91 Å². The van der Waals surface area contributed by atoms with Gasteiger partial charge in [-0.05, 0) is 46.9 Å². The number of hydrogen-bond donors (Lipinski definition) is 0. The number of aromatic nitrogens is 2. The fraction of sp³-hybridized carbons (Fsp3) is 0.231. The van der Waals surface area contributed by atoms with Crippen molar-refractivity contribution < 1.29 is 18.0 Å². The molecule has 1 aromatic heterocycles. The standard InChI is InChI=1S/C13H9F3IN3O/c14-13(15,16)8-1-3-9(4-2-8)19-5-6-20-11(12(19)21)10(17)7-18-20/h1-4,7H,5-6H2. The minimum Gasteiger partial charge on any atom is -0.305 e. The molecule has 0 spiro atoms. The first kappa shape index (κ1) is 14.4. The molecule has 0 bridgehead atoms. The van der Waals surface area contributed by atoms with Crippen molar-refractivity contribution in [1.29, 1.82) is 0 Å². The second kappa shape index (κ2) is 5.00. The van der Waals surface area contributed by atoms with Crippen LogP contribution in [0.1, 0.15) is 16.1 Å². The molecule has 0 unspecified atom stereocenters. The van der Waals surface area contributed by atoms with Gasteiger partial charge >= 0.3 is 6.18 Å². The van der Waals surface area contributed by atoms with E-state index in [2.05, 4.69) is 5.10 Å². The molecular weight excluding hydrogens is 398 g/mol. The fourth-order valence-electron chi connectivity index (χ4n) is 2.25. The Hall–Kier alpha value is -1.58. The fourth-order valence-corrected chi connectivity index (χ4v) is 2.88. The molecule has 1 aromatic carbocycles. The zero-order chi connectivity index (χ0) is 15.2. The first-order valence-corrected chi connectivity index (χ1v) is 7.16. The number of amides is 1. The van der Waals surface area contributed by atoms with Crippen LogP contribution in [-0.4, -0.2) is 22.2 Å². The lowest BCUT2D eigenvalue weighted by Crippen LogP contribution is -2.41. The van der Waals surface area contributed by atoms with Gasteiger partial charge in [-0.3, -0.25) is 9.48 Å². The molecule has 2 heterocycles. The second-order valence-corrected chi connectivity index (χ2v) is 5.73. The number of fused-ring (bicyclic) bond motifs is 1. The predicted molar refractivity (Wildman–Crippen MR) is 78.1 cm³/mol. The molecule has 21 heavy (non-hydrogen) atoms. The maximum Gasteiger partial charge on any atom is 0.416 e. The minimum atomic E-state index is -4.38. The van der Waals surface area contributed by atoms with Gasteiger partial charge in [0.1, 0.15) is 5.69 Å². The summed E-state index contributed by atoms with van der Waals surface area (Å²) in [5.74, 6) is -0.247. The van der Waals surface area contributed by atoms with E-state index in [1.165, 1.54) is 17.0 Å².